The van der Waals surface area contributed by atoms with Crippen molar-refractivity contribution in [2.24, 2.45) is 5.73 Å². The lowest BCUT2D eigenvalue weighted by atomic mass is 9.88. The monoisotopic (exact) mass is 516 g/mol. The molecule has 194 valence electrons. The average Bonchev–Trinajstić information content (AvgIpc) is 3.34. The molecule has 10 heteroatoms. The second-order valence-corrected chi connectivity index (χ2v) is 8.53. The summed E-state index contributed by atoms with van der Waals surface area (Å²) >= 11 is 0. The highest BCUT2D eigenvalue weighted by Gasteiger charge is 2.44. The fraction of sp³-hybridized carbons (Fsp3) is 0.179. The highest BCUT2D eigenvalue weighted by atomic mass is 16.5. The maximum absolute atomic E-state index is 13.6. The second kappa shape index (κ2) is 10.2. The zero-order valence-corrected chi connectivity index (χ0v) is 20.6. The van der Waals surface area contributed by atoms with Crippen LogP contribution in [0, 0.1) is 0 Å². The Hall–Kier alpha value is -4.99. The Morgan fingerprint density at radius 2 is 1.74 bits per heavy atom. The van der Waals surface area contributed by atoms with E-state index in [0.717, 1.165) is 0 Å². The molecule has 0 bridgehead atoms. The molecule has 4 aromatic rings. The Balaban J connectivity index is 1.60. The number of primary amides is 1. The van der Waals surface area contributed by atoms with Crippen LogP contribution >= 0.6 is 0 Å². The summed E-state index contributed by atoms with van der Waals surface area (Å²) in [5.74, 6) is -0.531. The van der Waals surface area contributed by atoms with Crippen LogP contribution in [0.4, 0.5) is 5.69 Å². The van der Waals surface area contributed by atoms with Crippen molar-refractivity contribution >= 4 is 28.5 Å². The topological polar surface area (TPSA) is 139 Å². The van der Waals surface area contributed by atoms with Gasteiger partial charge in [-0.25, -0.2) is 4.79 Å². The fourth-order valence-electron chi connectivity index (χ4n) is 4.46. The van der Waals surface area contributed by atoms with Crippen molar-refractivity contribution in [3.8, 4) is 23.0 Å². The van der Waals surface area contributed by atoms with E-state index >= 15 is 0 Å². The molecule has 10 nitrogen and oxygen atoms in total. The first kappa shape index (κ1) is 24.7. The molecule has 1 aliphatic heterocycles. The fourth-order valence-corrected chi connectivity index (χ4v) is 4.46. The molecular weight excluding hydrogens is 492 g/mol. The minimum absolute atomic E-state index is 0.199. The quantitative estimate of drug-likeness (QED) is 0.341. The van der Waals surface area contributed by atoms with Crippen LogP contribution in [0.25, 0.3) is 11.0 Å². The predicted octanol–water partition coefficient (Wildman–Crippen LogP) is 3.21. The van der Waals surface area contributed by atoms with Gasteiger partial charge in [0.25, 0.3) is 11.8 Å². The Kier molecular flexibility index (Phi) is 6.61. The number of benzene rings is 3. The van der Waals surface area contributed by atoms with Crippen molar-refractivity contribution in [1.82, 2.24) is 0 Å². The van der Waals surface area contributed by atoms with Gasteiger partial charge in [0, 0.05) is 5.69 Å². The first-order chi connectivity index (χ1) is 18.4. The molecule has 3 aromatic carbocycles. The van der Waals surface area contributed by atoms with Crippen molar-refractivity contribution in [1.29, 1.82) is 0 Å². The highest BCUT2D eigenvalue weighted by Crippen LogP contribution is 2.46. The summed E-state index contributed by atoms with van der Waals surface area (Å²) in [7, 11) is 3.00. The summed E-state index contributed by atoms with van der Waals surface area (Å²) in [5.41, 5.74) is 6.19. The van der Waals surface area contributed by atoms with Crippen LogP contribution in [0.3, 0.4) is 0 Å². The number of fused-ring (bicyclic) bond motifs is 3. The summed E-state index contributed by atoms with van der Waals surface area (Å²) in [6.45, 7) is -0.383. The summed E-state index contributed by atoms with van der Waals surface area (Å²) in [6, 6.07) is 18.7. The van der Waals surface area contributed by atoms with Crippen molar-refractivity contribution in [3.63, 3.8) is 0 Å². The van der Waals surface area contributed by atoms with Crippen LogP contribution in [0.1, 0.15) is 17.0 Å². The van der Waals surface area contributed by atoms with Gasteiger partial charge in [-0.3, -0.25) is 9.59 Å². The number of hydrogen-bond acceptors (Lipinski definition) is 8. The Morgan fingerprint density at radius 3 is 2.45 bits per heavy atom. The van der Waals surface area contributed by atoms with Gasteiger partial charge in [0.2, 0.25) is 0 Å². The van der Waals surface area contributed by atoms with Gasteiger partial charge in [-0.2, -0.15) is 0 Å². The van der Waals surface area contributed by atoms with Gasteiger partial charge in [-0.15, -0.1) is 0 Å². The number of nitrogens with one attached hydrogen (secondary N) is 1. The average molecular weight is 517 g/mol. The standard InChI is InChI=1S/C28H24N2O8/c1-34-17-10-8-16(9-11-17)30-27(32)26-23(15-7-12-20(35-2)21(13-15)36-14-22(29)31)24-25(38-26)18-5-3-4-6-19(18)37-28(24)33/h3-13,23,26H,14H2,1-2H3,(H2,29,31)(H,30,32)/t23-,26+/m1/s1. The molecule has 0 saturated heterocycles. The number of rotatable bonds is 8. The number of hydrogen-bond donors (Lipinski definition) is 2. The zero-order valence-electron chi connectivity index (χ0n) is 20.6. The molecule has 0 spiro atoms. The van der Waals surface area contributed by atoms with Crippen LogP contribution in [-0.2, 0) is 9.59 Å². The number of amides is 2. The molecule has 2 amide bonds. The van der Waals surface area contributed by atoms with Gasteiger partial charge in [0.05, 0.1) is 31.1 Å². The third-order valence-electron chi connectivity index (χ3n) is 6.19. The molecular formula is C28H24N2O8. The van der Waals surface area contributed by atoms with E-state index in [0.29, 0.717) is 33.7 Å². The molecule has 2 heterocycles. The van der Waals surface area contributed by atoms with E-state index in [2.05, 4.69) is 5.32 Å². The summed E-state index contributed by atoms with van der Waals surface area (Å²) in [6.07, 6.45) is -1.13. The molecule has 0 fully saturated rings. The molecule has 0 radical (unpaired) electrons. The number of carbonyl (C=O) groups is 2. The second-order valence-electron chi connectivity index (χ2n) is 8.53. The van der Waals surface area contributed by atoms with Gasteiger partial charge in [-0.05, 0) is 54.1 Å². The third kappa shape index (κ3) is 4.59. The molecule has 1 aliphatic rings. The van der Waals surface area contributed by atoms with Crippen molar-refractivity contribution in [2.75, 3.05) is 26.1 Å². The number of carbonyl (C=O) groups excluding carboxylic acids is 2. The molecule has 5 rings (SSSR count). The first-order valence-corrected chi connectivity index (χ1v) is 11.7. The normalized spacial score (nSPS) is 15.8. The lowest BCUT2D eigenvalue weighted by Gasteiger charge is -2.20. The van der Waals surface area contributed by atoms with Crippen LogP contribution in [-0.4, -0.2) is 38.7 Å². The van der Waals surface area contributed by atoms with Gasteiger partial charge < -0.3 is 34.4 Å². The Labute approximate surface area is 216 Å². The van der Waals surface area contributed by atoms with Crippen molar-refractivity contribution in [2.45, 2.75) is 12.0 Å². The van der Waals surface area contributed by atoms with Crippen molar-refractivity contribution in [3.05, 3.63) is 88.3 Å². The van der Waals surface area contributed by atoms with E-state index in [4.69, 9.17) is 29.1 Å². The first-order valence-electron chi connectivity index (χ1n) is 11.7. The third-order valence-corrected chi connectivity index (χ3v) is 6.19. The van der Waals surface area contributed by atoms with E-state index in [1.807, 2.05) is 0 Å². The summed E-state index contributed by atoms with van der Waals surface area (Å²) in [4.78, 5) is 38.1. The lowest BCUT2D eigenvalue weighted by Crippen LogP contribution is -2.35. The maximum Gasteiger partial charge on any atom is 0.344 e. The molecule has 38 heavy (non-hydrogen) atoms. The zero-order chi connectivity index (χ0) is 26.8. The molecule has 0 saturated carbocycles. The van der Waals surface area contributed by atoms with Crippen molar-refractivity contribution < 1.29 is 33.0 Å². The molecule has 0 aliphatic carbocycles. The van der Waals surface area contributed by atoms with Gasteiger partial charge in [0.1, 0.15) is 17.1 Å². The van der Waals surface area contributed by atoms with Crippen LogP contribution in [0.5, 0.6) is 23.0 Å². The van der Waals surface area contributed by atoms with E-state index < -0.39 is 29.5 Å². The van der Waals surface area contributed by atoms with Gasteiger partial charge in [-0.1, -0.05) is 18.2 Å². The molecule has 0 unspecified atom stereocenters. The minimum atomic E-state index is -1.13. The maximum atomic E-state index is 13.6. The number of methoxy groups -OCH3 is 2. The number of ether oxygens (including phenoxy) is 4. The van der Waals surface area contributed by atoms with E-state index in [9.17, 15) is 14.4 Å². The predicted molar refractivity (Wildman–Crippen MR) is 138 cm³/mol. The van der Waals surface area contributed by atoms with Crippen LogP contribution < -0.4 is 35.6 Å². The van der Waals surface area contributed by atoms with Crippen LogP contribution in [0.2, 0.25) is 0 Å². The van der Waals surface area contributed by atoms with Gasteiger partial charge in [0.15, 0.2) is 24.2 Å². The summed E-state index contributed by atoms with van der Waals surface area (Å²) < 4.78 is 27.8. The van der Waals surface area contributed by atoms with E-state index in [-0.39, 0.29) is 23.7 Å². The van der Waals surface area contributed by atoms with E-state index in [1.54, 1.807) is 73.8 Å². The van der Waals surface area contributed by atoms with Crippen LogP contribution in [0.15, 0.2) is 75.9 Å². The molecule has 1 aromatic heterocycles. The SMILES string of the molecule is COc1ccc(NC(=O)[C@H]2Oc3c(c(=O)oc4ccccc34)[C@H]2c2ccc(OC)c(OCC(N)=O)c2)cc1. The molecule has 3 N–H and O–H groups in total. The van der Waals surface area contributed by atoms with Gasteiger partial charge >= 0.3 is 5.63 Å². The van der Waals surface area contributed by atoms with E-state index in [1.165, 1.54) is 7.11 Å². The Morgan fingerprint density at radius 1 is 0.974 bits per heavy atom. The molecule has 2 atom stereocenters. The highest BCUT2D eigenvalue weighted by molar-refractivity contribution is 5.97. The largest absolute Gasteiger partial charge is 0.497 e. The number of nitrogens with two attached hydrogens (primary N) is 1. The minimum Gasteiger partial charge on any atom is -0.497 e. The summed E-state index contributed by atoms with van der Waals surface area (Å²) in [5, 5.41) is 3.41. The number of para-hydroxylation sites is 1. The number of anilines is 1. The lowest BCUT2D eigenvalue weighted by molar-refractivity contribution is -0.122. The Bertz CT molecular complexity index is 1580. The smallest absolute Gasteiger partial charge is 0.344 e.